The first-order valence-electron chi connectivity index (χ1n) is 11.5. The molecule has 2 aromatic carbocycles. The number of carbonyl (C=O) groups excluding carboxylic acids is 2. The molecule has 34 heavy (non-hydrogen) atoms. The SMILES string of the molecule is COc1ccc([C@@H]2c3sc(=O)[nH]c3S[C@@H]3[C@H]4C[C@@H]([C@@H]5C(=O)N(c6ccccc6)C(=O)[C@H]45)[C@@H]23)cc1. The van der Waals surface area contributed by atoms with Gasteiger partial charge in [-0.1, -0.05) is 41.7 Å². The van der Waals surface area contributed by atoms with E-state index in [9.17, 15) is 14.4 Å². The lowest BCUT2D eigenvalue weighted by Gasteiger charge is -2.43. The van der Waals surface area contributed by atoms with Gasteiger partial charge in [0.25, 0.3) is 0 Å². The highest BCUT2D eigenvalue weighted by Gasteiger charge is 2.69. The summed E-state index contributed by atoms with van der Waals surface area (Å²) in [6.07, 6.45) is 0.892. The maximum Gasteiger partial charge on any atom is 0.305 e. The van der Waals surface area contributed by atoms with E-state index in [1.807, 2.05) is 42.5 Å². The van der Waals surface area contributed by atoms with Gasteiger partial charge in [0.15, 0.2) is 0 Å². The van der Waals surface area contributed by atoms with Crippen LogP contribution >= 0.6 is 23.1 Å². The summed E-state index contributed by atoms with van der Waals surface area (Å²) in [5, 5.41) is 1.13. The summed E-state index contributed by atoms with van der Waals surface area (Å²) < 4.78 is 5.36. The molecule has 7 atom stereocenters. The van der Waals surface area contributed by atoms with Crippen molar-refractivity contribution in [2.24, 2.45) is 29.6 Å². The zero-order chi connectivity index (χ0) is 23.1. The number of thioether (sulfide) groups is 1. The van der Waals surface area contributed by atoms with Gasteiger partial charge in [-0.3, -0.25) is 19.3 Å². The van der Waals surface area contributed by atoms with Crippen LogP contribution in [0.25, 0.3) is 0 Å². The van der Waals surface area contributed by atoms with Crippen LogP contribution in [0.1, 0.15) is 22.8 Å². The predicted molar refractivity (Wildman–Crippen MR) is 130 cm³/mol. The Bertz CT molecular complexity index is 1370. The fraction of sp³-hybridized carbons (Fsp3) is 0.346. The van der Waals surface area contributed by atoms with E-state index in [1.54, 1.807) is 18.9 Å². The third-order valence-electron chi connectivity index (χ3n) is 8.21. The summed E-state index contributed by atoms with van der Waals surface area (Å²) in [7, 11) is 1.65. The number of aromatic nitrogens is 1. The van der Waals surface area contributed by atoms with Crippen LogP contribution in [0.2, 0.25) is 0 Å². The van der Waals surface area contributed by atoms with E-state index in [4.69, 9.17) is 4.74 Å². The van der Waals surface area contributed by atoms with Gasteiger partial charge in [-0.15, -0.1) is 11.8 Å². The van der Waals surface area contributed by atoms with Crippen LogP contribution in [0.15, 0.2) is 64.4 Å². The normalized spacial score (nSPS) is 33.1. The van der Waals surface area contributed by atoms with Gasteiger partial charge in [-0.05, 0) is 54.0 Å². The van der Waals surface area contributed by atoms with Crippen LogP contribution in [0.5, 0.6) is 5.75 Å². The van der Waals surface area contributed by atoms with Crippen molar-refractivity contribution in [3.63, 3.8) is 0 Å². The van der Waals surface area contributed by atoms with Crippen LogP contribution in [-0.4, -0.2) is 29.2 Å². The van der Waals surface area contributed by atoms with E-state index in [0.717, 1.165) is 27.6 Å². The second-order valence-corrected chi connectivity index (χ2v) is 11.8. The number of aromatic amines is 1. The molecular formula is C26H22N2O4S2. The Morgan fingerprint density at radius 3 is 2.35 bits per heavy atom. The second-order valence-electron chi connectivity index (χ2n) is 9.58. The second kappa shape index (κ2) is 7.33. The number of para-hydroxylation sites is 1. The molecule has 2 saturated carbocycles. The lowest BCUT2D eigenvalue weighted by molar-refractivity contribution is -0.123. The first kappa shape index (κ1) is 20.5. The Kier molecular flexibility index (Phi) is 4.42. The van der Waals surface area contributed by atoms with Crippen molar-refractivity contribution in [2.45, 2.75) is 22.6 Å². The first-order valence-corrected chi connectivity index (χ1v) is 13.2. The number of amides is 2. The quantitative estimate of drug-likeness (QED) is 0.559. The van der Waals surface area contributed by atoms with E-state index in [1.165, 1.54) is 16.2 Å². The van der Waals surface area contributed by atoms with Crippen LogP contribution in [-0.2, 0) is 9.59 Å². The van der Waals surface area contributed by atoms with E-state index in [0.29, 0.717) is 5.69 Å². The molecule has 3 aromatic rings. The number of H-pyrrole nitrogens is 1. The molecule has 3 fully saturated rings. The number of imide groups is 1. The molecule has 2 bridgehead atoms. The number of hydrogen-bond acceptors (Lipinski definition) is 6. The van der Waals surface area contributed by atoms with Gasteiger partial charge in [-0.2, -0.15) is 0 Å². The maximum absolute atomic E-state index is 13.7. The molecule has 1 N–H and O–H groups in total. The number of benzene rings is 2. The summed E-state index contributed by atoms with van der Waals surface area (Å²) >= 11 is 2.99. The van der Waals surface area contributed by atoms with Gasteiger partial charge >= 0.3 is 4.87 Å². The van der Waals surface area contributed by atoms with Crippen LogP contribution in [0, 0.1) is 29.6 Å². The number of nitrogens with one attached hydrogen (secondary N) is 1. The molecule has 1 saturated heterocycles. The summed E-state index contributed by atoms with van der Waals surface area (Å²) in [5.41, 5.74) is 1.80. The average molecular weight is 491 g/mol. The summed E-state index contributed by atoms with van der Waals surface area (Å²) in [4.78, 5) is 45.1. The van der Waals surface area contributed by atoms with Gasteiger partial charge < -0.3 is 9.72 Å². The molecular weight excluding hydrogens is 468 g/mol. The monoisotopic (exact) mass is 490 g/mol. The lowest BCUT2D eigenvalue weighted by Crippen LogP contribution is -2.42. The number of rotatable bonds is 3. The zero-order valence-corrected chi connectivity index (χ0v) is 20.0. The molecule has 0 unspecified atom stereocenters. The Morgan fingerprint density at radius 1 is 0.941 bits per heavy atom. The number of methoxy groups -OCH3 is 1. The number of carbonyl (C=O) groups is 2. The Balaban J connectivity index is 1.33. The van der Waals surface area contributed by atoms with Crippen LogP contribution in [0.4, 0.5) is 5.69 Å². The van der Waals surface area contributed by atoms with E-state index >= 15 is 0 Å². The van der Waals surface area contributed by atoms with Gasteiger partial charge in [0.05, 0.1) is 29.7 Å². The lowest BCUT2D eigenvalue weighted by atomic mass is 9.68. The van der Waals surface area contributed by atoms with Crippen molar-refractivity contribution in [3.05, 3.63) is 74.7 Å². The number of thiazole rings is 1. The maximum atomic E-state index is 13.7. The first-order chi connectivity index (χ1) is 16.6. The molecule has 0 radical (unpaired) electrons. The van der Waals surface area contributed by atoms with Crippen molar-refractivity contribution in [1.29, 1.82) is 0 Å². The molecule has 2 aliphatic carbocycles. The molecule has 8 heteroatoms. The summed E-state index contributed by atoms with van der Waals surface area (Å²) in [5.74, 6) is 0.611. The van der Waals surface area contributed by atoms with Crippen LogP contribution in [0.3, 0.4) is 0 Å². The fourth-order valence-electron chi connectivity index (χ4n) is 7.03. The molecule has 0 spiro atoms. The van der Waals surface area contributed by atoms with Gasteiger partial charge in [0.1, 0.15) is 5.75 Å². The Morgan fingerprint density at radius 2 is 1.65 bits per heavy atom. The van der Waals surface area contributed by atoms with E-state index < -0.39 is 0 Å². The summed E-state index contributed by atoms with van der Waals surface area (Å²) in [6, 6.07) is 17.4. The third-order valence-corrected chi connectivity index (χ3v) is 10.8. The van der Waals surface area contributed by atoms with Crippen molar-refractivity contribution in [1.82, 2.24) is 4.98 Å². The van der Waals surface area contributed by atoms with Gasteiger partial charge in [0, 0.05) is 16.0 Å². The largest absolute Gasteiger partial charge is 0.497 e. The summed E-state index contributed by atoms with van der Waals surface area (Å²) in [6.45, 7) is 0. The highest BCUT2D eigenvalue weighted by molar-refractivity contribution is 8.00. The molecule has 2 aliphatic heterocycles. The number of nitrogens with zero attached hydrogens (tertiary/aromatic N) is 1. The Hall–Kier alpha value is -2.84. The smallest absolute Gasteiger partial charge is 0.305 e. The van der Waals surface area contributed by atoms with Crippen molar-refractivity contribution in [3.8, 4) is 5.75 Å². The average Bonchev–Trinajstić information content (AvgIpc) is 3.58. The minimum absolute atomic E-state index is 0.0285. The van der Waals surface area contributed by atoms with Crippen molar-refractivity contribution >= 4 is 40.6 Å². The Labute approximate surface area is 204 Å². The minimum atomic E-state index is -0.280. The molecule has 2 amide bonds. The number of hydrogen-bond donors (Lipinski definition) is 1. The molecule has 3 heterocycles. The number of fused-ring (bicyclic) bond motifs is 9. The molecule has 6 nitrogen and oxygen atoms in total. The molecule has 7 rings (SSSR count). The number of anilines is 1. The van der Waals surface area contributed by atoms with Gasteiger partial charge in [-0.25, -0.2) is 0 Å². The van der Waals surface area contributed by atoms with Gasteiger partial charge in [0.2, 0.25) is 11.8 Å². The predicted octanol–water partition coefficient (Wildman–Crippen LogP) is 4.12. The van der Waals surface area contributed by atoms with Crippen molar-refractivity contribution in [2.75, 3.05) is 12.0 Å². The van der Waals surface area contributed by atoms with E-state index in [-0.39, 0.29) is 57.4 Å². The zero-order valence-electron chi connectivity index (χ0n) is 18.3. The van der Waals surface area contributed by atoms with Crippen molar-refractivity contribution < 1.29 is 14.3 Å². The molecule has 1 aromatic heterocycles. The number of ether oxygens (including phenoxy) is 1. The van der Waals surface area contributed by atoms with Crippen LogP contribution < -0.4 is 14.5 Å². The highest BCUT2D eigenvalue weighted by Crippen LogP contribution is 2.68. The topological polar surface area (TPSA) is 79.5 Å². The standard InChI is InChI=1S/C26H22N2O4S2/c1-32-14-9-7-12(8-10-14)17-18-15-11-16(21(18)33-23-22(17)34-26(31)27-23)20-19(15)24(29)28(25(20)30)13-5-3-2-4-6-13/h2-10,15-21H,11H2,1H3,(H,27,31)/t15-,16+,17+,18+,19+,20-,21-/m1/s1. The molecule has 172 valence electrons. The minimum Gasteiger partial charge on any atom is -0.497 e. The van der Waals surface area contributed by atoms with E-state index in [2.05, 4.69) is 17.1 Å². The highest BCUT2D eigenvalue weighted by atomic mass is 32.2. The third kappa shape index (κ3) is 2.66. The fourth-order valence-corrected chi connectivity index (χ4v) is 9.92. The molecule has 4 aliphatic rings.